The van der Waals surface area contributed by atoms with E-state index in [0.29, 0.717) is 12.5 Å². The van der Waals surface area contributed by atoms with E-state index < -0.39 is 0 Å². The summed E-state index contributed by atoms with van der Waals surface area (Å²) in [6.45, 7) is 11.2. The average Bonchev–Trinajstić information content (AvgIpc) is 3.12. The SMILES string of the molecule is CCCCNC(=NCc1ccc(C)cc1OCC1CCOC1)NCC.I. The Morgan fingerprint density at radius 3 is 2.85 bits per heavy atom. The van der Waals surface area contributed by atoms with Crippen LogP contribution in [-0.2, 0) is 11.3 Å². The third kappa shape index (κ3) is 8.12. The topological polar surface area (TPSA) is 54.9 Å². The number of hydrogen-bond acceptors (Lipinski definition) is 3. The maximum absolute atomic E-state index is 6.10. The molecule has 1 saturated heterocycles. The molecule has 1 aliphatic heterocycles. The van der Waals surface area contributed by atoms with Crippen LogP contribution < -0.4 is 15.4 Å². The fraction of sp³-hybridized carbons (Fsp3) is 0.650. The first-order valence-corrected chi connectivity index (χ1v) is 9.55. The van der Waals surface area contributed by atoms with Crippen LogP contribution in [0.3, 0.4) is 0 Å². The van der Waals surface area contributed by atoms with Crippen molar-refractivity contribution in [2.75, 3.05) is 32.9 Å². The van der Waals surface area contributed by atoms with E-state index in [1.54, 1.807) is 0 Å². The van der Waals surface area contributed by atoms with Crippen molar-refractivity contribution >= 4 is 29.9 Å². The van der Waals surface area contributed by atoms with Crippen LogP contribution in [0.1, 0.15) is 44.2 Å². The van der Waals surface area contributed by atoms with Crippen molar-refractivity contribution in [3.05, 3.63) is 29.3 Å². The summed E-state index contributed by atoms with van der Waals surface area (Å²) < 4.78 is 11.5. The van der Waals surface area contributed by atoms with Crippen molar-refractivity contribution in [3.8, 4) is 5.75 Å². The van der Waals surface area contributed by atoms with E-state index in [4.69, 9.17) is 14.5 Å². The van der Waals surface area contributed by atoms with E-state index >= 15 is 0 Å². The summed E-state index contributed by atoms with van der Waals surface area (Å²) in [5, 5.41) is 6.68. The predicted molar refractivity (Wildman–Crippen MR) is 119 cm³/mol. The molecule has 1 aromatic carbocycles. The molecule has 0 saturated carbocycles. The zero-order valence-corrected chi connectivity index (χ0v) is 18.7. The lowest BCUT2D eigenvalue weighted by Gasteiger charge is -2.15. The van der Waals surface area contributed by atoms with Gasteiger partial charge in [-0.1, -0.05) is 25.5 Å². The second kappa shape index (κ2) is 13.2. The Balaban J connectivity index is 0.00000338. The summed E-state index contributed by atoms with van der Waals surface area (Å²) in [7, 11) is 0. The molecule has 26 heavy (non-hydrogen) atoms. The summed E-state index contributed by atoms with van der Waals surface area (Å²) in [6, 6.07) is 6.35. The van der Waals surface area contributed by atoms with E-state index in [0.717, 1.165) is 63.0 Å². The molecule has 0 spiro atoms. The predicted octanol–water partition coefficient (Wildman–Crippen LogP) is 3.88. The molecule has 1 heterocycles. The van der Waals surface area contributed by atoms with Gasteiger partial charge in [-0.15, -0.1) is 24.0 Å². The number of aliphatic imine (C=N–C) groups is 1. The van der Waals surface area contributed by atoms with Crippen LogP contribution in [0, 0.1) is 12.8 Å². The maximum Gasteiger partial charge on any atom is 0.191 e. The van der Waals surface area contributed by atoms with Crippen LogP contribution in [0.2, 0.25) is 0 Å². The Kier molecular flexibility index (Phi) is 11.7. The van der Waals surface area contributed by atoms with Gasteiger partial charge < -0.3 is 20.1 Å². The highest BCUT2D eigenvalue weighted by atomic mass is 127. The summed E-state index contributed by atoms with van der Waals surface area (Å²) in [5.74, 6) is 2.32. The molecule has 1 unspecified atom stereocenters. The first-order chi connectivity index (χ1) is 12.2. The molecular weight excluding hydrogens is 441 g/mol. The van der Waals surface area contributed by atoms with Crippen LogP contribution in [0.25, 0.3) is 0 Å². The van der Waals surface area contributed by atoms with Gasteiger partial charge in [0.1, 0.15) is 5.75 Å². The fourth-order valence-electron chi connectivity index (χ4n) is 2.74. The monoisotopic (exact) mass is 475 g/mol. The van der Waals surface area contributed by atoms with Gasteiger partial charge in [-0.3, -0.25) is 0 Å². The third-order valence-electron chi connectivity index (χ3n) is 4.30. The molecule has 0 aliphatic carbocycles. The summed E-state index contributed by atoms with van der Waals surface area (Å²) in [4.78, 5) is 4.72. The molecule has 148 valence electrons. The van der Waals surface area contributed by atoms with Gasteiger partial charge in [-0.05, 0) is 38.3 Å². The number of halogens is 1. The van der Waals surface area contributed by atoms with Crippen LogP contribution in [0.4, 0.5) is 0 Å². The highest BCUT2D eigenvalue weighted by Crippen LogP contribution is 2.23. The van der Waals surface area contributed by atoms with Gasteiger partial charge in [-0.25, -0.2) is 4.99 Å². The first kappa shape index (κ1) is 23.0. The molecule has 0 amide bonds. The molecule has 2 rings (SSSR count). The smallest absolute Gasteiger partial charge is 0.191 e. The molecule has 2 N–H and O–H groups in total. The quantitative estimate of drug-likeness (QED) is 0.246. The Labute approximate surface area is 175 Å². The van der Waals surface area contributed by atoms with Gasteiger partial charge in [0.25, 0.3) is 0 Å². The lowest BCUT2D eigenvalue weighted by atomic mass is 10.1. The number of nitrogens with zero attached hydrogens (tertiary/aromatic N) is 1. The van der Waals surface area contributed by atoms with Gasteiger partial charge in [0.05, 0.1) is 19.8 Å². The van der Waals surface area contributed by atoms with E-state index in [1.165, 1.54) is 12.0 Å². The largest absolute Gasteiger partial charge is 0.493 e. The van der Waals surface area contributed by atoms with Gasteiger partial charge >= 0.3 is 0 Å². The van der Waals surface area contributed by atoms with Crippen LogP contribution in [0.5, 0.6) is 5.75 Å². The van der Waals surface area contributed by atoms with Gasteiger partial charge in [-0.2, -0.15) is 0 Å². The first-order valence-electron chi connectivity index (χ1n) is 9.55. The minimum absolute atomic E-state index is 0. The fourth-order valence-corrected chi connectivity index (χ4v) is 2.74. The summed E-state index contributed by atoms with van der Waals surface area (Å²) in [6.07, 6.45) is 3.41. The van der Waals surface area contributed by atoms with Crippen molar-refractivity contribution in [1.29, 1.82) is 0 Å². The van der Waals surface area contributed by atoms with Crippen LogP contribution in [0.15, 0.2) is 23.2 Å². The lowest BCUT2D eigenvalue weighted by Crippen LogP contribution is -2.37. The number of benzene rings is 1. The molecule has 1 fully saturated rings. The number of nitrogens with one attached hydrogen (secondary N) is 2. The summed E-state index contributed by atoms with van der Waals surface area (Å²) in [5.41, 5.74) is 2.33. The molecule has 1 aliphatic rings. The molecule has 0 aromatic heterocycles. The highest BCUT2D eigenvalue weighted by molar-refractivity contribution is 14.0. The number of guanidine groups is 1. The maximum atomic E-state index is 6.10. The molecule has 6 heteroatoms. The summed E-state index contributed by atoms with van der Waals surface area (Å²) >= 11 is 0. The highest BCUT2D eigenvalue weighted by Gasteiger charge is 2.17. The molecular formula is C20H34IN3O2. The van der Waals surface area contributed by atoms with E-state index in [9.17, 15) is 0 Å². The minimum Gasteiger partial charge on any atom is -0.493 e. The molecule has 5 nitrogen and oxygen atoms in total. The normalized spacial score (nSPS) is 16.9. The Morgan fingerprint density at radius 2 is 2.15 bits per heavy atom. The zero-order valence-electron chi connectivity index (χ0n) is 16.3. The number of aryl methyl sites for hydroxylation is 1. The van der Waals surface area contributed by atoms with Crippen LogP contribution >= 0.6 is 24.0 Å². The van der Waals surface area contributed by atoms with Crippen molar-refractivity contribution in [3.63, 3.8) is 0 Å². The zero-order chi connectivity index (χ0) is 17.9. The lowest BCUT2D eigenvalue weighted by molar-refractivity contribution is 0.166. The Morgan fingerprint density at radius 1 is 1.31 bits per heavy atom. The van der Waals surface area contributed by atoms with Crippen molar-refractivity contribution < 1.29 is 9.47 Å². The number of ether oxygens (including phenoxy) is 2. The number of unbranched alkanes of at least 4 members (excludes halogenated alkanes) is 1. The number of hydrogen-bond donors (Lipinski definition) is 2. The second-order valence-electron chi connectivity index (χ2n) is 6.63. The average molecular weight is 475 g/mol. The second-order valence-corrected chi connectivity index (χ2v) is 6.63. The van der Waals surface area contributed by atoms with Crippen molar-refractivity contribution in [2.24, 2.45) is 10.9 Å². The molecule has 0 radical (unpaired) electrons. The standard InChI is InChI=1S/C20H33N3O2.HI/c1-4-6-10-22-20(21-5-2)23-13-18-8-7-16(3)12-19(18)25-15-17-9-11-24-14-17;/h7-8,12,17H,4-6,9-11,13-15H2,1-3H3,(H2,21,22,23);1H. The minimum atomic E-state index is 0. The van der Waals surface area contributed by atoms with E-state index in [2.05, 4.69) is 49.6 Å². The van der Waals surface area contributed by atoms with Gasteiger partial charge in [0, 0.05) is 31.2 Å². The van der Waals surface area contributed by atoms with Gasteiger partial charge in [0.2, 0.25) is 0 Å². The van der Waals surface area contributed by atoms with E-state index in [-0.39, 0.29) is 24.0 Å². The third-order valence-corrected chi connectivity index (χ3v) is 4.30. The number of rotatable bonds is 9. The Hall–Kier alpha value is -1.02. The van der Waals surface area contributed by atoms with E-state index in [1.807, 2.05) is 0 Å². The molecule has 0 bridgehead atoms. The van der Waals surface area contributed by atoms with Crippen LogP contribution in [-0.4, -0.2) is 38.9 Å². The van der Waals surface area contributed by atoms with Crippen molar-refractivity contribution in [2.45, 2.75) is 46.6 Å². The van der Waals surface area contributed by atoms with Gasteiger partial charge in [0.15, 0.2) is 5.96 Å². The Bertz CT molecular complexity index is 546. The molecule has 1 aromatic rings. The van der Waals surface area contributed by atoms with Crippen molar-refractivity contribution in [1.82, 2.24) is 10.6 Å². The molecule has 1 atom stereocenters.